The standard InChI is InChI=1S/C18H28N4.HI/c1-2-4-13-22(12-3-1)15-17-8-6-16(7-9-17)14-21-18-19-10-5-11-20-18;/h6-9H,1-5,10-15H2,(H2,19,20,21);1H. The number of benzene rings is 1. The molecule has 2 aliphatic rings. The predicted octanol–water partition coefficient (Wildman–Crippen LogP) is 3.12. The molecule has 0 unspecified atom stereocenters. The third kappa shape index (κ3) is 6.30. The van der Waals surface area contributed by atoms with Crippen LogP contribution in [0.2, 0.25) is 0 Å². The number of nitrogens with one attached hydrogen (secondary N) is 2. The van der Waals surface area contributed by atoms with Crippen LogP contribution in [0.1, 0.15) is 43.2 Å². The quantitative estimate of drug-likeness (QED) is 0.725. The van der Waals surface area contributed by atoms with Crippen molar-refractivity contribution in [3.8, 4) is 0 Å². The molecule has 128 valence electrons. The van der Waals surface area contributed by atoms with E-state index in [1.165, 1.54) is 49.9 Å². The number of hydrogen-bond acceptors (Lipinski definition) is 4. The van der Waals surface area contributed by atoms with Crippen molar-refractivity contribution in [3.05, 3.63) is 35.4 Å². The fraction of sp³-hybridized carbons (Fsp3) is 0.611. The summed E-state index contributed by atoms with van der Waals surface area (Å²) in [6, 6.07) is 9.03. The number of guanidine groups is 1. The molecule has 0 atom stereocenters. The molecule has 1 saturated heterocycles. The lowest BCUT2D eigenvalue weighted by atomic mass is 10.1. The summed E-state index contributed by atoms with van der Waals surface area (Å²) in [6.07, 6.45) is 6.66. The monoisotopic (exact) mass is 428 g/mol. The summed E-state index contributed by atoms with van der Waals surface area (Å²) in [5.74, 6) is 0.944. The number of likely N-dealkylation sites (tertiary alicyclic amines) is 1. The molecule has 2 heterocycles. The average molecular weight is 428 g/mol. The normalized spacial score (nSPS) is 19.0. The first-order valence-corrected chi connectivity index (χ1v) is 8.72. The number of aliphatic imine (C=N–C) groups is 1. The van der Waals surface area contributed by atoms with Gasteiger partial charge < -0.3 is 10.6 Å². The number of halogens is 1. The van der Waals surface area contributed by atoms with Gasteiger partial charge in [0.25, 0.3) is 0 Å². The molecule has 4 nitrogen and oxygen atoms in total. The summed E-state index contributed by atoms with van der Waals surface area (Å²) in [4.78, 5) is 7.03. The smallest absolute Gasteiger partial charge is 0.191 e. The second-order valence-electron chi connectivity index (χ2n) is 6.37. The van der Waals surface area contributed by atoms with E-state index in [0.717, 1.165) is 38.6 Å². The Balaban J connectivity index is 0.00000192. The Morgan fingerprint density at radius 2 is 1.65 bits per heavy atom. The second-order valence-corrected chi connectivity index (χ2v) is 6.37. The Morgan fingerprint density at radius 3 is 2.30 bits per heavy atom. The van der Waals surface area contributed by atoms with Crippen molar-refractivity contribution in [1.82, 2.24) is 15.5 Å². The molecule has 0 saturated carbocycles. The fourth-order valence-corrected chi connectivity index (χ4v) is 3.15. The molecule has 0 aliphatic carbocycles. The Bertz CT molecular complexity index is 478. The maximum absolute atomic E-state index is 4.44. The van der Waals surface area contributed by atoms with Gasteiger partial charge in [-0.05, 0) is 43.5 Å². The first-order valence-electron chi connectivity index (χ1n) is 8.72. The highest BCUT2D eigenvalue weighted by Gasteiger charge is 2.09. The van der Waals surface area contributed by atoms with Gasteiger partial charge in [0.15, 0.2) is 5.96 Å². The van der Waals surface area contributed by atoms with E-state index < -0.39 is 0 Å². The minimum Gasteiger partial charge on any atom is -0.356 e. The minimum absolute atomic E-state index is 0. The van der Waals surface area contributed by atoms with Crippen LogP contribution in [0.25, 0.3) is 0 Å². The van der Waals surface area contributed by atoms with Crippen LogP contribution in [0.4, 0.5) is 0 Å². The van der Waals surface area contributed by atoms with Crippen LogP contribution in [0.3, 0.4) is 0 Å². The van der Waals surface area contributed by atoms with Crippen LogP contribution in [0, 0.1) is 0 Å². The molecule has 0 bridgehead atoms. The highest BCUT2D eigenvalue weighted by molar-refractivity contribution is 14.0. The molecule has 0 spiro atoms. The summed E-state index contributed by atoms with van der Waals surface area (Å²) in [6.45, 7) is 6.42. The van der Waals surface area contributed by atoms with E-state index >= 15 is 0 Å². The van der Waals surface area contributed by atoms with Gasteiger partial charge in [-0.3, -0.25) is 9.89 Å². The third-order valence-corrected chi connectivity index (χ3v) is 4.49. The van der Waals surface area contributed by atoms with E-state index in [4.69, 9.17) is 0 Å². The molecule has 1 aromatic rings. The van der Waals surface area contributed by atoms with Crippen LogP contribution in [0.5, 0.6) is 0 Å². The molecule has 0 aromatic heterocycles. The Kier molecular flexibility index (Phi) is 8.16. The molecular weight excluding hydrogens is 399 g/mol. The molecule has 0 amide bonds. The van der Waals surface area contributed by atoms with Gasteiger partial charge >= 0.3 is 0 Å². The highest BCUT2D eigenvalue weighted by atomic mass is 127. The van der Waals surface area contributed by atoms with Gasteiger partial charge in [0.05, 0.1) is 0 Å². The topological polar surface area (TPSA) is 39.7 Å². The van der Waals surface area contributed by atoms with Crippen molar-refractivity contribution in [2.45, 2.75) is 45.2 Å². The van der Waals surface area contributed by atoms with E-state index in [-0.39, 0.29) is 24.0 Å². The van der Waals surface area contributed by atoms with Crippen molar-refractivity contribution in [1.29, 1.82) is 0 Å². The highest BCUT2D eigenvalue weighted by Crippen LogP contribution is 2.13. The molecule has 1 fully saturated rings. The number of nitrogens with zero attached hydrogens (tertiary/aromatic N) is 2. The van der Waals surface area contributed by atoms with Crippen molar-refractivity contribution in [3.63, 3.8) is 0 Å². The molecule has 2 aliphatic heterocycles. The molecule has 1 aromatic carbocycles. The van der Waals surface area contributed by atoms with E-state index in [2.05, 4.69) is 44.8 Å². The minimum atomic E-state index is 0. The zero-order valence-electron chi connectivity index (χ0n) is 13.9. The summed E-state index contributed by atoms with van der Waals surface area (Å²) < 4.78 is 0. The van der Waals surface area contributed by atoms with Crippen LogP contribution in [-0.2, 0) is 13.1 Å². The van der Waals surface area contributed by atoms with Gasteiger partial charge in [-0.25, -0.2) is 0 Å². The third-order valence-electron chi connectivity index (χ3n) is 4.49. The predicted molar refractivity (Wildman–Crippen MR) is 107 cm³/mol. The van der Waals surface area contributed by atoms with Gasteiger partial charge in [0, 0.05) is 26.2 Å². The van der Waals surface area contributed by atoms with E-state index in [9.17, 15) is 0 Å². The zero-order valence-corrected chi connectivity index (χ0v) is 16.2. The summed E-state index contributed by atoms with van der Waals surface area (Å²) in [5.41, 5.74) is 2.74. The lowest BCUT2D eigenvalue weighted by Crippen LogP contribution is -2.40. The Hall–Kier alpha value is -0.820. The van der Waals surface area contributed by atoms with Crippen LogP contribution in [-0.4, -0.2) is 37.0 Å². The first-order chi connectivity index (χ1) is 10.9. The van der Waals surface area contributed by atoms with E-state index in [0.29, 0.717) is 0 Å². The lowest BCUT2D eigenvalue weighted by Gasteiger charge is -2.20. The van der Waals surface area contributed by atoms with E-state index in [1.807, 2.05) is 0 Å². The van der Waals surface area contributed by atoms with Crippen molar-refractivity contribution in [2.24, 2.45) is 4.99 Å². The van der Waals surface area contributed by atoms with Gasteiger partial charge in [0.1, 0.15) is 0 Å². The molecular formula is C18H29IN4. The molecule has 0 radical (unpaired) electrons. The Morgan fingerprint density at radius 1 is 0.957 bits per heavy atom. The number of hydrogen-bond donors (Lipinski definition) is 2. The van der Waals surface area contributed by atoms with Gasteiger partial charge in [-0.2, -0.15) is 0 Å². The Labute approximate surface area is 157 Å². The van der Waals surface area contributed by atoms with E-state index in [1.54, 1.807) is 0 Å². The van der Waals surface area contributed by atoms with Crippen molar-refractivity contribution >= 4 is 29.9 Å². The SMILES string of the molecule is I.c1cc(CN2CCCCCC2)ccc1CNC1=NCCCN1. The lowest BCUT2D eigenvalue weighted by molar-refractivity contribution is 0.277. The zero-order chi connectivity index (χ0) is 15.0. The summed E-state index contributed by atoms with van der Waals surface area (Å²) in [5, 5.41) is 6.67. The van der Waals surface area contributed by atoms with Crippen molar-refractivity contribution < 1.29 is 0 Å². The number of rotatable bonds is 4. The van der Waals surface area contributed by atoms with Crippen molar-refractivity contribution in [2.75, 3.05) is 26.2 Å². The summed E-state index contributed by atoms with van der Waals surface area (Å²) in [7, 11) is 0. The second kappa shape index (κ2) is 10.1. The van der Waals surface area contributed by atoms with Gasteiger partial charge in [-0.15, -0.1) is 24.0 Å². The maximum Gasteiger partial charge on any atom is 0.191 e. The van der Waals surface area contributed by atoms with Crippen LogP contribution < -0.4 is 10.6 Å². The molecule has 2 N–H and O–H groups in total. The average Bonchev–Trinajstić information content (AvgIpc) is 2.84. The molecule has 3 rings (SSSR count). The van der Waals surface area contributed by atoms with Gasteiger partial charge in [-0.1, -0.05) is 37.1 Å². The maximum atomic E-state index is 4.44. The summed E-state index contributed by atoms with van der Waals surface area (Å²) >= 11 is 0. The fourth-order valence-electron chi connectivity index (χ4n) is 3.15. The molecule has 23 heavy (non-hydrogen) atoms. The first kappa shape index (κ1) is 18.5. The van der Waals surface area contributed by atoms with Gasteiger partial charge in [0.2, 0.25) is 0 Å². The largest absolute Gasteiger partial charge is 0.356 e. The molecule has 5 heteroatoms. The van der Waals surface area contributed by atoms with Crippen LogP contribution >= 0.6 is 24.0 Å². The van der Waals surface area contributed by atoms with Crippen LogP contribution in [0.15, 0.2) is 29.3 Å².